The first kappa shape index (κ1) is 15.8. The second kappa shape index (κ2) is 7.45. The van der Waals surface area contributed by atoms with Crippen LogP contribution in [0.1, 0.15) is 11.4 Å². The van der Waals surface area contributed by atoms with Gasteiger partial charge in [0.05, 0.1) is 7.11 Å². The molecule has 0 radical (unpaired) electrons. The number of nitrogens with zero attached hydrogens (tertiary/aromatic N) is 4. The van der Waals surface area contributed by atoms with Crippen LogP contribution in [0.15, 0.2) is 53.7 Å². The van der Waals surface area contributed by atoms with Gasteiger partial charge in [0.1, 0.15) is 12.3 Å². The van der Waals surface area contributed by atoms with Gasteiger partial charge in [-0.25, -0.2) is 4.99 Å². The van der Waals surface area contributed by atoms with Crippen molar-refractivity contribution >= 4 is 11.6 Å². The Bertz CT molecular complexity index is 824. The molecule has 7 nitrogen and oxygen atoms in total. The fraction of sp³-hybridized carbons (Fsp3) is 0.235. The predicted octanol–water partition coefficient (Wildman–Crippen LogP) is 1.38. The molecular weight excluding hydrogens is 304 g/mol. The summed E-state index contributed by atoms with van der Waals surface area (Å²) in [6.07, 6.45) is 2.77. The summed E-state index contributed by atoms with van der Waals surface area (Å²) in [5.41, 5.74) is 7.91. The van der Waals surface area contributed by atoms with E-state index in [1.807, 2.05) is 53.1 Å². The van der Waals surface area contributed by atoms with E-state index < -0.39 is 0 Å². The molecule has 0 spiro atoms. The van der Waals surface area contributed by atoms with Crippen molar-refractivity contribution in [1.29, 1.82) is 0 Å². The lowest BCUT2D eigenvalue weighted by atomic mass is 10.1. The molecule has 1 aromatic carbocycles. The molecule has 2 aromatic heterocycles. The number of ether oxygens (including phenoxy) is 1. The van der Waals surface area contributed by atoms with E-state index >= 15 is 0 Å². The molecule has 0 aliphatic carbocycles. The molecule has 3 aromatic rings. The van der Waals surface area contributed by atoms with Gasteiger partial charge < -0.3 is 15.8 Å². The van der Waals surface area contributed by atoms with E-state index in [2.05, 4.69) is 20.5 Å². The monoisotopic (exact) mass is 324 g/mol. The molecule has 0 amide bonds. The smallest absolute Gasteiger partial charge is 0.189 e. The zero-order valence-electron chi connectivity index (χ0n) is 13.5. The lowest BCUT2D eigenvalue weighted by molar-refractivity contribution is 0.414. The van der Waals surface area contributed by atoms with Gasteiger partial charge in [0.2, 0.25) is 0 Å². The van der Waals surface area contributed by atoms with E-state index in [-0.39, 0.29) is 0 Å². The number of aromatic nitrogens is 3. The molecule has 0 atom stereocenters. The van der Waals surface area contributed by atoms with Crippen molar-refractivity contribution in [1.82, 2.24) is 19.9 Å². The summed E-state index contributed by atoms with van der Waals surface area (Å²) >= 11 is 0. The van der Waals surface area contributed by atoms with Gasteiger partial charge in [0, 0.05) is 12.7 Å². The minimum absolute atomic E-state index is 0.381. The van der Waals surface area contributed by atoms with Crippen LogP contribution in [-0.2, 0) is 13.0 Å². The van der Waals surface area contributed by atoms with Gasteiger partial charge in [-0.05, 0) is 36.2 Å². The molecule has 0 fully saturated rings. The van der Waals surface area contributed by atoms with E-state index in [4.69, 9.17) is 10.5 Å². The van der Waals surface area contributed by atoms with Crippen LogP contribution in [-0.4, -0.2) is 34.2 Å². The third-order valence-corrected chi connectivity index (χ3v) is 3.65. The number of pyridine rings is 1. The fourth-order valence-electron chi connectivity index (χ4n) is 2.34. The second-order valence-corrected chi connectivity index (χ2v) is 5.27. The summed E-state index contributed by atoms with van der Waals surface area (Å²) in [5.74, 6) is 2.01. The zero-order chi connectivity index (χ0) is 16.8. The second-order valence-electron chi connectivity index (χ2n) is 5.27. The van der Waals surface area contributed by atoms with Gasteiger partial charge >= 0.3 is 0 Å². The van der Waals surface area contributed by atoms with E-state index in [9.17, 15) is 0 Å². The third-order valence-electron chi connectivity index (χ3n) is 3.65. The number of rotatable bonds is 6. The van der Waals surface area contributed by atoms with Crippen molar-refractivity contribution in [2.24, 2.45) is 10.7 Å². The van der Waals surface area contributed by atoms with Crippen LogP contribution in [0.5, 0.6) is 5.75 Å². The SMILES string of the molecule is COc1ccc(CCNC(N)=NCc2nnc3ccccn23)cc1. The van der Waals surface area contributed by atoms with Crippen LogP contribution >= 0.6 is 0 Å². The van der Waals surface area contributed by atoms with Crippen molar-refractivity contribution < 1.29 is 4.74 Å². The summed E-state index contributed by atoms with van der Waals surface area (Å²) in [6.45, 7) is 1.09. The Morgan fingerprint density at radius 3 is 2.83 bits per heavy atom. The van der Waals surface area contributed by atoms with Crippen molar-refractivity contribution in [3.8, 4) is 5.75 Å². The van der Waals surface area contributed by atoms with Crippen LogP contribution in [0.4, 0.5) is 0 Å². The van der Waals surface area contributed by atoms with Crippen molar-refractivity contribution in [2.45, 2.75) is 13.0 Å². The minimum Gasteiger partial charge on any atom is -0.497 e. The molecule has 0 unspecified atom stereocenters. The number of benzene rings is 1. The lowest BCUT2D eigenvalue weighted by Crippen LogP contribution is -2.33. The molecule has 0 aliphatic rings. The summed E-state index contributed by atoms with van der Waals surface area (Å²) in [4.78, 5) is 4.32. The molecule has 3 N–H and O–H groups in total. The van der Waals surface area contributed by atoms with Gasteiger partial charge in [0.15, 0.2) is 17.4 Å². The molecule has 124 valence electrons. The molecule has 7 heteroatoms. The molecular formula is C17H20N6O. The van der Waals surface area contributed by atoms with Crippen LogP contribution < -0.4 is 15.8 Å². The minimum atomic E-state index is 0.381. The van der Waals surface area contributed by atoms with Crippen LogP contribution in [0.2, 0.25) is 0 Å². The highest BCUT2D eigenvalue weighted by molar-refractivity contribution is 5.77. The number of nitrogens with one attached hydrogen (secondary N) is 1. The van der Waals surface area contributed by atoms with Crippen molar-refractivity contribution in [2.75, 3.05) is 13.7 Å². The Balaban J connectivity index is 1.51. The van der Waals surface area contributed by atoms with E-state index in [1.165, 1.54) is 5.56 Å². The summed E-state index contributed by atoms with van der Waals surface area (Å²) in [5, 5.41) is 11.3. The fourth-order valence-corrected chi connectivity index (χ4v) is 2.34. The van der Waals surface area contributed by atoms with E-state index in [0.717, 1.165) is 23.6 Å². The Hall–Kier alpha value is -3.09. The predicted molar refractivity (Wildman–Crippen MR) is 93.0 cm³/mol. The average molecular weight is 324 g/mol. The van der Waals surface area contributed by atoms with E-state index in [0.29, 0.717) is 19.0 Å². The highest BCUT2D eigenvalue weighted by Crippen LogP contribution is 2.11. The van der Waals surface area contributed by atoms with Gasteiger partial charge in [0.25, 0.3) is 0 Å². The molecule has 0 saturated heterocycles. The standard InChI is InChI=1S/C17H20N6O/c1-24-14-7-5-13(6-8-14)9-10-19-17(18)20-12-16-22-21-15-4-2-3-11-23(15)16/h2-8,11H,9-10,12H2,1H3,(H3,18,19,20). The van der Waals surface area contributed by atoms with Gasteiger partial charge in [-0.3, -0.25) is 4.40 Å². The summed E-state index contributed by atoms with van der Waals surface area (Å²) < 4.78 is 7.04. The van der Waals surface area contributed by atoms with Gasteiger partial charge in [-0.1, -0.05) is 18.2 Å². The summed E-state index contributed by atoms with van der Waals surface area (Å²) in [6, 6.07) is 13.7. The normalized spacial score (nSPS) is 11.6. The molecule has 2 heterocycles. The summed E-state index contributed by atoms with van der Waals surface area (Å²) in [7, 11) is 1.66. The molecule has 24 heavy (non-hydrogen) atoms. The first-order chi connectivity index (χ1) is 11.8. The Morgan fingerprint density at radius 2 is 2.04 bits per heavy atom. The third kappa shape index (κ3) is 3.81. The quantitative estimate of drug-likeness (QED) is 0.528. The Labute approximate surface area is 140 Å². The van der Waals surface area contributed by atoms with E-state index in [1.54, 1.807) is 7.11 Å². The highest BCUT2D eigenvalue weighted by Gasteiger charge is 2.03. The number of methoxy groups -OCH3 is 1. The highest BCUT2D eigenvalue weighted by atomic mass is 16.5. The lowest BCUT2D eigenvalue weighted by Gasteiger charge is -2.06. The molecule has 0 bridgehead atoms. The maximum atomic E-state index is 5.91. The topological polar surface area (TPSA) is 89.8 Å². The van der Waals surface area contributed by atoms with Crippen LogP contribution in [0.25, 0.3) is 5.65 Å². The number of hydrogen-bond acceptors (Lipinski definition) is 4. The number of hydrogen-bond donors (Lipinski definition) is 2. The van der Waals surface area contributed by atoms with Gasteiger partial charge in [-0.2, -0.15) is 0 Å². The number of nitrogens with two attached hydrogens (primary N) is 1. The zero-order valence-corrected chi connectivity index (χ0v) is 13.5. The largest absolute Gasteiger partial charge is 0.497 e. The van der Waals surface area contributed by atoms with Crippen LogP contribution in [0, 0.1) is 0 Å². The number of guanidine groups is 1. The van der Waals surface area contributed by atoms with Crippen molar-refractivity contribution in [3.63, 3.8) is 0 Å². The van der Waals surface area contributed by atoms with Crippen LogP contribution in [0.3, 0.4) is 0 Å². The molecule has 3 rings (SSSR count). The molecule has 0 saturated carbocycles. The average Bonchev–Trinajstić information content (AvgIpc) is 3.04. The Morgan fingerprint density at radius 1 is 1.21 bits per heavy atom. The molecule has 0 aliphatic heterocycles. The van der Waals surface area contributed by atoms with Gasteiger partial charge in [-0.15, -0.1) is 10.2 Å². The maximum Gasteiger partial charge on any atom is 0.189 e. The first-order valence-corrected chi connectivity index (χ1v) is 7.71. The number of aliphatic imine (C=N–C) groups is 1. The first-order valence-electron chi connectivity index (χ1n) is 7.71. The number of fused-ring (bicyclic) bond motifs is 1. The van der Waals surface area contributed by atoms with Crippen molar-refractivity contribution in [3.05, 3.63) is 60.0 Å². The maximum absolute atomic E-state index is 5.91. The Kier molecular flexibility index (Phi) is 4.90.